The van der Waals surface area contributed by atoms with E-state index in [2.05, 4.69) is 66.8 Å². The van der Waals surface area contributed by atoms with Crippen molar-refractivity contribution in [1.29, 1.82) is 0 Å². The van der Waals surface area contributed by atoms with Gasteiger partial charge in [0.05, 0.1) is 6.61 Å². The third-order valence-electron chi connectivity index (χ3n) is 5.49. The molecule has 1 aromatic heterocycles. The molecule has 0 radical (unpaired) electrons. The fraction of sp³-hybridized carbons (Fsp3) is 0.522. The first kappa shape index (κ1) is 25.7. The molecule has 2 N–H and O–H groups in total. The van der Waals surface area contributed by atoms with Crippen LogP contribution in [0.2, 0.25) is 0 Å². The summed E-state index contributed by atoms with van der Waals surface area (Å²) < 4.78 is 5.89. The fourth-order valence-electron chi connectivity index (χ4n) is 4.04. The summed E-state index contributed by atoms with van der Waals surface area (Å²) in [7, 11) is 2.07. The number of hydrogen-bond donors (Lipinski definition) is 2. The molecule has 1 aliphatic rings. The van der Waals surface area contributed by atoms with Crippen molar-refractivity contribution in [2.75, 3.05) is 13.7 Å². The largest absolute Gasteiger partial charge is 0.494 e. The van der Waals surface area contributed by atoms with Gasteiger partial charge in [-0.3, -0.25) is 4.98 Å². The summed E-state index contributed by atoms with van der Waals surface area (Å²) in [6.45, 7) is 7.68. The van der Waals surface area contributed by atoms with Gasteiger partial charge in [0.15, 0.2) is 0 Å². The lowest BCUT2D eigenvalue weighted by atomic mass is 9.91. The number of rotatable bonds is 7. The molecule has 0 aliphatic heterocycles. The third kappa shape index (κ3) is 7.14. The molecule has 0 amide bonds. The van der Waals surface area contributed by atoms with E-state index in [1.807, 2.05) is 6.92 Å². The number of aromatic nitrogens is 1. The quantitative estimate of drug-likeness (QED) is 0.619. The molecule has 1 heterocycles. The van der Waals surface area contributed by atoms with Crippen LogP contribution < -0.4 is 15.4 Å². The molecule has 0 atom stereocenters. The summed E-state index contributed by atoms with van der Waals surface area (Å²) in [6, 6.07) is 12.1. The molecular formula is C23H35Cl2N3O. The molecule has 2 aromatic rings. The zero-order chi connectivity index (χ0) is 19.2. The van der Waals surface area contributed by atoms with E-state index in [1.165, 1.54) is 42.4 Å². The van der Waals surface area contributed by atoms with Crippen LogP contribution in [0, 0.1) is 13.8 Å². The Morgan fingerprint density at radius 1 is 0.931 bits per heavy atom. The molecule has 0 saturated heterocycles. The molecule has 162 valence electrons. The van der Waals surface area contributed by atoms with E-state index in [9.17, 15) is 0 Å². The van der Waals surface area contributed by atoms with Crippen LogP contribution in [0.25, 0.3) is 11.1 Å². The smallest absolute Gasteiger partial charge is 0.123 e. The molecule has 29 heavy (non-hydrogen) atoms. The third-order valence-corrected chi connectivity index (χ3v) is 5.49. The molecule has 6 heteroatoms. The van der Waals surface area contributed by atoms with Gasteiger partial charge in [0, 0.05) is 35.6 Å². The summed E-state index contributed by atoms with van der Waals surface area (Å²) in [4.78, 5) is 4.50. The average Bonchev–Trinajstić information content (AvgIpc) is 2.67. The molecule has 1 aliphatic carbocycles. The van der Waals surface area contributed by atoms with Gasteiger partial charge in [0.1, 0.15) is 5.75 Å². The van der Waals surface area contributed by atoms with Gasteiger partial charge in [0.25, 0.3) is 0 Å². The second kappa shape index (κ2) is 12.4. The molecular weight excluding hydrogens is 405 g/mol. The average molecular weight is 440 g/mol. The molecule has 1 fully saturated rings. The summed E-state index contributed by atoms with van der Waals surface area (Å²) in [5, 5.41) is 7.17. The lowest BCUT2D eigenvalue weighted by Crippen LogP contribution is -2.38. The van der Waals surface area contributed by atoms with E-state index in [4.69, 9.17) is 4.74 Å². The van der Waals surface area contributed by atoms with Crippen LogP contribution in [0.1, 0.15) is 49.6 Å². The Hall–Kier alpha value is -1.33. The van der Waals surface area contributed by atoms with Crippen molar-refractivity contribution in [2.24, 2.45) is 0 Å². The van der Waals surface area contributed by atoms with Gasteiger partial charge in [-0.25, -0.2) is 0 Å². The molecule has 1 aromatic carbocycles. The molecule has 3 rings (SSSR count). The maximum Gasteiger partial charge on any atom is 0.123 e. The highest BCUT2D eigenvalue weighted by atomic mass is 35.5. The second-order valence-electron chi connectivity index (χ2n) is 7.61. The summed E-state index contributed by atoms with van der Waals surface area (Å²) in [5.74, 6) is 0.986. The standard InChI is InChI=1S/C23H33N3O.2ClH/c1-5-27-23-11-6-18(19-12-16(2)26-17(3)13-19)14-20(23)15-25-22-9-7-21(24-4)8-10-22;;/h6,11-14,21-22,24-25H,5,7-10,15H2,1-4H3;2*1H. The number of ether oxygens (including phenoxy) is 1. The number of nitrogens with one attached hydrogen (secondary N) is 2. The normalized spacial score (nSPS) is 18.5. The maximum atomic E-state index is 5.89. The van der Waals surface area contributed by atoms with Crippen LogP contribution in [0.15, 0.2) is 30.3 Å². The van der Waals surface area contributed by atoms with Crippen LogP contribution in [0.4, 0.5) is 0 Å². The van der Waals surface area contributed by atoms with E-state index < -0.39 is 0 Å². The Balaban J connectivity index is 0.00000210. The van der Waals surface area contributed by atoms with Crippen molar-refractivity contribution < 1.29 is 4.74 Å². The Labute approximate surface area is 188 Å². The lowest BCUT2D eigenvalue weighted by molar-refractivity contribution is 0.310. The zero-order valence-electron chi connectivity index (χ0n) is 18.0. The highest BCUT2D eigenvalue weighted by Crippen LogP contribution is 2.28. The van der Waals surface area contributed by atoms with Crippen molar-refractivity contribution in [2.45, 2.75) is 65.1 Å². The maximum absolute atomic E-state index is 5.89. The minimum Gasteiger partial charge on any atom is -0.494 e. The van der Waals surface area contributed by atoms with Crippen LogP contribution in [-0.4, -0.2) is 30.7 Å². The van der Waals surface area contributed by atoms with Crippen molar-refractivity contribution in [1.82, 2.24) is 15.6 Å². The van der Waals surface area contributed by atoms with E-state index in [1.54, 1.807) is 0 Å². The number of nitrogens with zero attached hydrogens (tertiary/aromatic N) is 1. The molecule has 0 spiro atoms. The SMILES string of the molecule is CCOc1ccc(-c2cc(C)nc(C)c2)cc1CNC1CCC(NC)CC1.Cl.Cl. The minimum atomic E-state index is 0. The minimum absolute atomic E-state index is 0. The number of benzene rings is 1. The lowest BCUT2D eigenvalue weighted by Gasteiger charge is -2.29. The van der Waals surface area contributed by atoms with Gasteiger partial charge in [-0.2, -0.15) is 0 Å². The van der Waals surface area contributed by atoms with E-state index in [-0.39, 0.29) is 24.8 Å². The first-order chi connectivity index (χ1) is 13.1. The predicted octanol–water partition coefficient (Wildman–Crippen LogP) is 5.23. The van der Waals surface area contributed by atoms with Gasteiger partial charge in [0.2, 0.25) is 0 Å². The highest BCUT2D eigenvalue weighted by Gasteiger charge is 2.20. The summed E-state index contributed by atoms with van der Waals surface area (Å²) >= 11 is 0. The van der Waals surface area contributed by atoms with E-state index in [0.717, 1.165) is 23.7 Å². The summed E-state index contributed by atoms with van der Waals surface area (Å²) in [5.41, 5.74) is 5.79. The Morgan fingerprint density at radius 2 is 1.55 bits per heavy atom. The summed E-state index contributed by atoms with van der Waals surface area (Å²) in [6.07, 6.45) is 4.97. The van der Waals surface area contributed by atoms with Crippen LogP contribution in [0.3, 0.4) is 0 Å². The Morgan fingerprint density at radius 3 is 2.14 bits per heavy atom. The van der Waals surface area contributed by atoms with Gasteiger partial charge in [-0.05, 0) is 88.9 Å². The van der Waals surface area contributed by atoms with E-state index >= 15 is 0 Å². The number of halogens is 2. The molecule has 0 unspecified atom stereocenters. The first-order valence-electron chi connectivity index (χ1n) is 10.2. The van der Waals surface area contributed by atoms with Gasteiger partial charge >= 0.3 is 0 Å². The molecule has 0 bridgehead atoms. The van der Waals surface area contributed by atoms with Crippen molar-refractivity contribution in [3.8, 4) is 16.9 Å². The highest BCUT2D eigenvalue weighted by molar-refractivity contribution is 5.85. The topological polar surface area (TPSA) is 46.2 Å². The van der Waals surface area contributed by atoms with Crippen LogP contribution in [0.5, 0.6) is 5.75 Å². The number of hydrogen-bond acceptors (Lipinski definition) is 4. The van der Waals surface area contributed by atoms with Gasteiger partial charge in [-0.15, -0.1) is 24.8 Å². The number of pyridine rings is 1. The van der Waals surface area contributed by atoms with Crippen molar-refractivity contribution in [3.63, 3.8) is 0 Å². The van der Waals surface area contributed by atoms with E-state index in [0.29, 0.717) is 18.7 Å². The van der Waals surface area contributed by atoms with Crippen molar-refractivity contribution in [3.05, 3.63) is 47.3 Å². The zero-order valence-corrected chi connectivity index (χ0v) is 19.6. The van der Waals surface area contributed by atoms with Gasteiger partial charge in [-0.1, -0.05) is 6.07 Å². The predicted molar refractivity (Wildman–Crippen MR) is 127 cm³/mol. The Kier molecular flexibility index (Phi) is 11.0. The fourth-order valence-corrected chi connectivity index (χ4v) is 4.04. The first-order valence-corrected chi connectivity index (χ1v) is 10.2. The Bertz CT molecular complexity index is 742. The molecule has 4 nitrogen and oxygen atoms in total. The monoisotopic (exact) mass is 439 g/mol. The van der Waals surface area contributed by atoms with Crippen LogP contribution >= 0.6 is 24.8 Å². The van der Waals surface area contributed by atoms with Crippen molar-refractivity contribution >= 4 is 24.8 Å². The van der Waals surface area contributed by atoms with Gasteiger partial charge < -0.3 is 15.4 Å². The van der Waals surface area contributed by atoms with Crippen LogP contribution in [-0.2, 0) is 6.54 Å². The number of aryl methyl sites for hydroxylation is 2. The molecule has 1 saturated carbocycles. The second-order valence-corrected chi connectivity index (χ2v) is 7.61.